The Morgan fingerprint density at radius 3 is 2.48 bits per heavy atom. The van der Waals surface area contributed by atoms with Crippen molar-refractivity contribution in [3.63, 3.8) is 0 Å². The van der Waals surface area contributed by atoms with Gasteiger partial charge in [0.1, 0.15) is 12.1 Å². The number of carbonyl (C=O) groups is 3. The molecule has 2 amide bonds. The lowest BCUT2D eigenvalue weighted by Gasteiger charge is -2.31. The first-order valence-electron chi connectivity index (χ1n) is 11.3. The van der Waals surface area contributed by atoms with E-state index < -0.39 is 29.9 Å². The average Bonchev–Trinajstić information content (AvgIpc) is 3.29. The molecule has 0 aliphatic heterocycles. The number of nitrogens with zero attached hydrogens (tertiary/aromatic N) is 2. The molecular formula is C25H32N4O4. The Morgan fingerprint density at radius 1 is 1.15 bits per heavy atom. The monoisotopic (exact) mass is 452 g/mol. The zero-order chi connectivity index (χ0) is 23.8. The van der Waals surface area contributed by atoms with Crippen LogP contribution < -0.4 is 10.6 Å². The van der Waals surface area contributed by atoms with Crippen LogP contribution in [0.1, 0.15) is 55.2 Å². The predicted octanol–water partition coefficient (Wildman–Crippen LogP) is 2.84. The number of hydrogen-bond donors (Lipinski definition) is 2. The second kappa shape index (κ2) is 11.4. The lowest BCUT2D eigenvalue weighted by molar-refractivity contribution is -0.144. The molecule has 1 aromatic carbocycles. The van der Waals surface area contributed by atoms with E-state index in [0.29, 0.717) is 12.1 Å². The molecule has 1 saturated carbocycles. The molecule has 2 atom stereocenters. The van der Waals surface area contributed by atoms with E-state index in [-0.39, 0.29) is 11.7 Å². The van der Waals surface area contributed by atoms with Gasteiger partial charge in [0, 0.05) is 18.9 Å². The number of rotatable bonds is 9. The van der Waals surface area contributed by atoms with Gasteiger partial charge in [0.05, 0.1) is 7.11 Å². The number of benzene rings is 1. The van der Waals surface area contributed by atoms with E-state index in [2.05, 4.69) is 22.2 Å². The Balaban J connectivity index is 1.79. The van der Waals surface area contributed by atoms with Crippen molar-refractivity contribution in [1.82, 2.24) is 20.2 Å². The van der Waals surface area contributed by atoms with E-state index in [9.17, 15) is 14.4 Å². The highest BCUT2D eigenvalue weighted by Crippen LogP contribution is 2.27. The molecule has 33 heavy (non-hydrogen) atoms. The maximum atomic E-state index is 13.3. The predicted molar refractivity (Wildman–Crippen MR) is 124 cm³/mol. The minimum Gasteiger partial charge on any atom is -0.467 e. The number of imidazole rings is 1. The zero-order valence-electron chi connectivity index (χ0n) is 19.3. The van der Waals surface area contributed by atoms with Gasteiger partial charge in [-0.05, 0) is 36.8 Å². The molecule has 2 aromatic rings. The molecule has 1 aromatic heterocycles. The first kappa shape index (κ1) is 24.2. The van der Waals surface area contributed by atoms with E-state index in [1.165, 1.54) is 7.11 Å². The minimum atomic E-state index is -0.967. The normalized spacial score (nSPS) is 15.8. The van der Waals surface area contributed by atoms with Crippen LogP contribution in [0.3, 0.4) is 0 Å². The van der Waals surface area contributed by atoms with Crippen molar-refractivity contribution in [3.05, 3.63) is 66.3 Å². The highest BCUT2D eigenvalue weighted by atomic mass is 16.5. The fourth-order valence-corrected chi connectivity index (χ4v) is 4.23. The average molecular weight is 453 g/mol. The van der Waals surface area contributed by atoms with Gasteiger partial charge in [-0.15, -0.1) is 0 Å². The lowest BCUT2D eigenvalue weighted by Crippen LogP contribution is -2.55. The van der Waals surface area contributed by atoms with Gasteiger partial charge in [-0.1, -0.05) is 56.2 Å². The Kier molecular flexibility index (Phi) is 8.40. The number of hydrogen-bond acceptors (Lipinski definition) is 5. The van der Waals surface area contributed by atoms with E-state index in [1.807, 2.05) is 30.3 Å². The molecule has 1 aliphatic rings. The molecule has 0 bridgehead atoms. The smallest absolute Gasteiger partial charge is 0.332 e. The molecule has 8 heteroatoms. The van der Waals surface area contributed by atoms with Crippen LogP contribution in [-0.4, -0.2) is 46.5 Å². The van der Waals surface area contributed by atoms with Gasteiger partial charge in [0.15, 0.2) is 5.82 Å². The molecule has 8 nitrogen and oxygen atoms in total. The third-order valence-electron chi connectivity index (χ3n) is 6.02. The number of carbonyl (C=O) groups excluding carboxylic acids is 3. The van der Waals surface area contributed by atoms with Gasteiger partial charge in [0.25, 0.3) is 5.91 Å². The van der Waals surface area contributed by atoms with Crippen LogP contribution in [0.15, 0.2) is 54.9 Å². The van der Waals surface area contributed by atoms with Crippen molar-refractivity contribution in [3.8, 4) is 0 Å². The summed E-state index contributed by atoms with van der Waals surface area (Å²) in [6.45, 7) is 5.93. The molecule has 1 heterocycles. The third-order valence-corrected chi connectivity index (χ3v) is 6.02. The molecule has 0 saturated heterocycles. The lowest BCUT2D eigenvalue weighted by atomic mass is 9.83. The first-order valence-corrected chi connectivity index (χ1v) is 11.3. The van der Waals surface area contributed by atoms with Crippen LogP contribution in [0.25, 0.3) is 0 Å². The SMILES string of the molecule is C=C(C)[C@H](NC(=O)[C@@H](NC(=O)c1nccn1Cc1ccccc1)C1CCCCC1)C(=O)OC. The Morgan fingerprint density at radius 2 is 1.85 bits per heavy atom. The number of nitrogens with one attached hydrogen (secondary N) is 2. The van der Waals surface area contributed by atoms with E-state index in [4.69, 9.17) is 4.74 Å². The number of amides is 2. The summed E-state index contributed by atoms with van der Waals surface area (Å²) in [6.07, 6.45) is 8.06. The van der Waals surface area contributed by atoms with Crippen molar-refractivity contribution in [1.29, 1.82) is 0 Å². The van der Waals surface area contributed by atoms with Gasteiger partial charge in [0.2, 0.25) is 5.91 Å². The van der Waals surface area contributed by atoms with Crippen LogP contribution in [0.4, 0.5) is 0 Å². The molecule has 0 unspecified atom stereocenters. The van der Waals surface area contributed by atoms with Gasteiger partial charge in [-0.2, -0.15) is 0 Å². The summed E-state index contributed by atoms with van der Waals surface area (Å²) in [5.74, 6) is -1.23. The standard InChI is InChI=1S/C25H32N4O4/c1-17(2)20(25(32)33-3)27-23(30)21(19-12-8-5-9-13-19)28-24(31)22-26-14-15-29(22)16-18-10-6-4-7-11-18/h4,6-7,10-11,14-15,19-21H,1,5,8-9,12-13,16H2,2-3H3,(H,27,30)(H,28,31)/t20-,21-/m0/s1. The van der Waals surface area contributed by atoms with Crippen molar-refractivity contribution in [2.75, 3.05) is 7.11 Å². The summed E-state index contributed by atoms with van der Waals surface area (Å²) in [5, 5.41) is 5.61. The topological polar surface area (TPSA) is 102 Å². The summed E-state index contributed by atoms with van der Waals surface area (Å²) >= 11 is 0. The molecule has 0 radical (unpaired) electrons. The largest absolute Gasteiger partial charge is 0.467 e. The van der Waals surface area contributed by atoms with Crippen LogP contribution in [-0.2, 0) is 20.9 Å². The van der Waals surface area contributed by atoms with E-state index >= 15 is 0 Å². The molecule has 1 aliphatic carbocycles. The van der Waals surface area contributed by atoms with Crippen LogP contribution >= 0.6 is 0 Å². The maximum absolute atomic E-state index is 13.3. The van der Waals surface area contributed by atoms with Crippen molar-refractivity contribution < 1.29 is 19.1 Å². The van der Waals surface area contributed by atoms with E-state index in [0.717, 1.165) is 37.7 Å². The van der Waals surface area contributed by atoms with Crippen LogP contribution in [0.5, 0.6) is 0 Å². The number of esters is 1. The summed E-state index contributed by atoms with van der Waals surface area (Å²) in [6, 6.07) is 8.01. The highest BCUT2D eigenvalue weighted by molar-refractivity contribution is 5.96. The van der Waals surface area contributed by atoms with Crippen LogP contribution in [0.2, 0.25) is 0 Å². The van der Waals surface area contributed by atoms with Crippen LogP contribution in [0, 0.1) is 5.92 Å². The van der Waals surface area contributed by atoms with Gasteiger partial charge in [-0.3, -0.25) is 9.59 Å². The Bertz CT molecular complexity index is 979. The number of methoxy groups -OCH3 is 1. The number of aromatic nitrogens is 2. The van der Waals surface area contributed by atoms with Gasteiger partial charge >= 0.3 is 5.97 Å². The second-order valence-corrected chi connectivity index (χ2v) is 8.52. The first-order chi connectivity index (χ1) is 15.9. The number of ether oxygens (including phenoxy) is 1. The Hall–Kier alpha value is -3.42. The fraction of sp³-hybridized carbons (Fsp3) is 0.440. The Labute approximate surface area is 194 Å². The highest BCUT2D eigenvalue weighted by Gasteiger charge is 2.34. The summed E-state index contributed by atoms with van der Waals surface area (Å²) in [7, 11) is 1.26. The fourth-order valence-electron chi connectivity index (χ4n) is 4.23. The van der Waals surface area contributed by atoms with E-state index in [1.54, 1.807) is 23.9 Å². The zero-order valence-corrected chi connectivity index (χ0v) is 19.3. The van der Waals surface area contributed by atoms with Crippen molar-refractivity contribution in [2.24, 2.45) is 5.92 Å². The van der Waals surface area contributed by atoms with Gasteiger partial charge in [-0.25, -0.2) is 9.78 Å². The summed E-state index contributed by atoms with van der Waals surface area (Å²) in [5.41, 5.74) is 1.50. The third kappa shape index (κ3) is 6.31. The quantitative estimate of drug-likeness (QED) is 0.450. The minimum absolute atomic E-state index is 0.0244. The van der Waals surface area contributed by atoms with Crippen molar-refractivity contribution in [2.45, 2.75) is 57.7 Å². The van der Waals surface area contributed by atoms with Crippen molar-refractivity contribution >= 4 is 17.8 Å². The molecule has 0 spiro atoms. The molecule has 2 N–H and O–H groups in total. The maximum Gasteiger partial charge on any atom is 0.332 e. The molecule has 3 rings (SSSR count). The molecule has 176 valence electrons. The van der Waals surface area contributed by atoms with Gasteiger partial charge < -0.3 is 19.9 Å². The second-order valence-electron chi connectivity index (χ2n) is 8.52. The molecule has 1 fully saturated rings. The molecular weight excluding hydrogens is 420 g/mol. The summed E-state index contributed by atoms with van der Waals surface area (Å²) in [4.78, 5) is 42.8. The summed E-state index contributed by atoms with van der Waals surface area (Å²) < 4.78 is 6.55.